The van der Waals surface area contributed by atoms with Gasteiger partial charge in [-0.3, -0.25) is 0 Å². The first-order chi connectivity index (χ1) is 9.36. The number of benzene rings is 2. The first-order valence-corrected chi connectivity index (χ1v) is 7.66. The summed E-state index contributed by atoms with van der Waals surface area (Å²) in [6.07, 6.45) is 4.23. The van der Waals surface area contributed by atoms with E-state index in [0.717, 1.165) is 11.7 Å². The summed E-state index contributed by atoms with van der Waals surface area (Å²) < 4.78 is 14.0. The molecule has 0 bridgehead atoms. The highest BCUT2D eigenvalue weighted by Gasteiger charge is 2.22. The Kier molecular flexibility index (Phi) is 3.57. The molecule has 0 N–H and O–H groups in total. The van der Waals surface area contributed by atoms with Crippen LogP contribution < -0.4 is 10.6 Å². The van der Waals surface area contributed by atoms with Crippen molar-refractivity contribution in [1.29, 1.82) is 0 Å². The Labute approximate surface area is 114 Å². The normalized spacial score (nSPS) is 14.4. The molecule has 0 heterocycles. The summed E-state index contributed by atoms with van der Waals surface area (Å²) in [4.78, 5) is 0. The molecular weight excluding hydrogens is 254 g/mol. The highest BCUT2D eigenvalue weighted by molar-refractivity contribution is 7.76. The fraction of sp³-hybridized carbons (Fsp3) is 0.0588. The number of allylic oxidation sites excluding steroid dienone is 4. The third-order valence-electron chi connectivity index (χ3n) is 3.15. The fourth-order valence-electron chi connectivity index (χ4n) is 2.28. The molecule has 0 radical (unpaired) electrons. The van der Waals surface area contributed by atoms with Crippen LogP contribution in [0, 0.1) is 0 Å². The van der Waals surface area contributed by atoms with E-state index in [9.17, 15) is 4.39 Å². The molecule has 0 spiro atoms. The molecule has 2 aromatic rings. The molecular formula is C17H14FP. The van der Waals surface area contributed by atoms with Crippen LogP contribution >= 0.6 is 7.92 Å². The first kappa shape index (κ1) is 12.3. The van der Waals surface area contributed by atoms with Crippen LogP contribution in [0.5, 0.6) is 0 Å². The predicted molar refractivity (Wildman–Crippen MR) is 81.0 cm³/mol. The van der Waals surface area contributed by atoms with Crippen molar-refractivity contribution in [1.82, 2.24) is 0 Å². The van der Waals surface area contributed by atoms with Gasteiger partial charge < -0.3 is 0 Å². The standard InChI is InChI=1S/C17H14FP/c18-16-12-7-13-17(16)19(14-8-3-1-4-9-14)15-10-5-2-6-11-15/h1-12H,13H2. The van der Waals surface area contributed by atoms with Crippen molar-refractivity contribution >= 4 is 18.5 Å². The van der Waals surface area contributed by atoms with E-state index in [0.29, 0.717) is 0 Å². The Morgan fingerprint density at radius 1 is 0.789 bits per heavy atom. The third kappa shape index (κ3) is 2.52. The van der Waals surface area contributed by atoms with Crippen LogP contribution in [0.15, 0.2) is 84.0 Å². The van der Waals surface area contributed by atoms with E-state index < -0.39 is 7.92 Å². The zero-order valence-electron chi connectivity index (χ0n) is 10.5. The van der Waals surface area contributed by atoms with E-state index in [1.807, 2.05) is 42.5 Å². The average Bonchev–Trinajstić information content (AvgIpc) is 2.88. The average molecular weight is 268 g/mol. The predicted octanol–water partition coefficient (Wildman–Crippen LogP) is 4.26. The van der Waals surface area contributed by atoms with E-state index in [-0.39, 0.29) is 5.83 Å². The second-order valence-corrected chi connectivity index (χ2v) is 6.65. The van der Waals surface area contributed by atoms with E-state index in [1.165, 1.54) is 10.6 Å². The largest absolute Gasteiger partial charge is 0.207 e. The zero-order valence-corrected chi connectivity index (χ0v) is 11.4. The van der Waals surface area contributed by atoms with E-state index >= 15 is 0 Å². The lowest BCUT2D eigenvalue weighted by atomic mass is 10.4. The summed E-state index contributed by atoms with van der Waals surface area (Å²) in [5, 5.41) is 3.34. The van der Waals surface area contributed by atoms with Crippen LogP contribution in [0.2, 0.25) is 0 Å². The molecule has 0 fully saturated rings. The number of halogens is 1. The zero-order chi connectivity index (χ0) is 13.1. The molecule has 2 heteroatoms. The molecule has 0 amide bonds. The van der Waals surface area contributed by atoms with Gasteiger partial charge in [-0.05, 0) is 31.0 Å². The quantitative estimate of drug-likeness (QED) is 0.730. The van der Waals surface area contributed by atoms with Crippen LogP contribution in [0.4, 0.5) is 4.39 Å². The molecule has 1 aliphatic carbocycles. The van der Waals surface area contributed by atoms with Crippen molar-refractivity contribution < 1.29 is 4.39 Å². The van der Waals surface area contributed by atoms with Gasteiger partial charge in [-0.15, -0.1) is 0 Å². The minimum absolute atomic E-state index is 0.0567. The topological polar surface area (TPSA) is 0 Å². The summed E-state index contributed by atoms with van der Waals surface area (Å²) >= 11 is 0. The summed E-state index contributed by atoms with van der Waals surface area (Å²) in [6, 6.07) is 20.5. The number of rotatable bonds is 3. The van der Waals surface area contributed by atoms with Crippen molar-refractivity contribution in [2.24, 2.45) is 0 Å². The monoisotopic (exact) mass is 268 g/mol. The molecule has 2 aromatic carbocycles. The van der Waals surface area contributed by atoms with Crippen LogP contribution in [-0.4, -0.2) is 0 Å². The van der Waals surface area contributed by atoms with E-state index in [2.05, 4.69) is 24.3 Å². The summed E-state index contributed by atoms with van der Waals surface area (Å²) in [5.41, 5.74) is 0. The highest BCUT2D eigenvalue weighted by atomic mass is 31.1. The molecule has 1 aliphatic rings. The van der Waals surface area contributed by atoms with Crippen molar-refractivity contribution in [2.75, 3.05) is 0 Å². The Hall–Kier alpha value is -1.72. The van der Waals surface area contributed by atoms with E-state index in [1.54, 1.807) is 6.08 Å². The lowest BCUT2D eigenvalue weighted by molar-refractivity contribution is 0.666. The van der Waals surface area contributed by atoms with Crippen molar-refractivity contribution in [2.45, 2.75) is 6.42 Å². The molecule has 0 nitrogen and oxygen atoms in total. The van der Waals surface area contributed by atoms with Gasteiger partial charge in [-0.1, -0.05) is 66.7 Å². The summed E-state index contributed by atoms with van der Waals surface area (Å²) in [5.74, 6) is -0.0567. The second kappa shape index (κ2) is 5.50. The van der Waals surface area contributed by atoms with Crippen molar-refractivity contribution in [3.8, 4) is 0 Å². The van der Waals surface area contributed by atoms with Crippen molar-refractivity contribution in [3.05, 3.63) is 84.0 Å². The fourth-order valence-corrected chi connectivity index (χ4v) is 4.72. The molecule has 94 valence electrons. The van der Waals surface area contributed by atoms with Gasteiger partial charge in [0.1, 0.15) is 5.83 Å². The maximum atomic E-state index is 14.0. The van der Waals surface area contributed by atoms with Gasteiger partial charge >= 0.3 is 0 Å². The van der Waals surface area contributed by atoms with Gasteiger partial charge in [0.15, 0.2) is 0 Å². The van der Waals surface area contributed by atoms with Gasteiger partial charge in [0, 0.05) is 5.31 Å². The molecule has 0 saturated heterocycles. The van der Waals surface area contributed by atoms with Crippen LogP contribution in [-0.2, 0) is 0 Å². The lowest BCUT2D eigenvalue weighted by Crippen LogP contribution is -2.12. The van der Waals surface area contributed by atoms with Crippen LogP contribution in [0.25, 0.3) is 0 Å². The van der Waals surface area contributed by atoms with Gasteiger partial charge in [0.25, 0.3) is 0 Å². The Balaban J connectivity index is 2.10. The molecule has 0 aromatic heterocycles. The SMILES string of the molecule is FC1=C(P(c2ccccc2)c2ccccc2)CC=C1. The molecule has 0 saturated carbocycles. The van der Waals surface area contributed by atoms with Crippen LogP contribution in [0.1, 0.15) is 6.42 Å². The maximum Gasteiger partial charge on any atom is 0.127 e. The maximum absolute atomic E-state index is 14.0. The summed E-state index contributed by atoms with van der Waals surface area (Å²) in [7, 11) is -0.749. The van der Waals surface area contributed by atoms with Crippen molar-refractivity contribution in [3.63, 3.8) is 0 Å². The van der Waals surface area contributed by atoms with Crippen LogP contribution in [0.3, 0.4) is 0 Å². The highest BCUT2D eigenvalue weighted by Crippen LogP contribution is 2.48. The van der Waals surface area contributed by atoms with Gasteiger partial charge in [-0.25, -0.2) is 4.39 Å². The van der Waals surface area contributed by atoms with Gasteiger partial charge in [0.05, 0.1) is 0 Å². The number of hydrogen-bond acceptors (Lipinski definition) is 0. The molecule has 3 rings (SSSR count). The minimum atomic E-state index is -0.749. The van der Waals surface area contributed by atoms with Gasteiger partial charge in [0.2, 0.25) is 0 Å². The Bertz CT molecular complexity index is 575. The minimum Gasteiger partial charge on any atom is -0.207 e. The Morgan fingerprint density at radius 3 is 1.74 bits per heavy atom. The smallest absolute Gasteiger partial charge is 0.127 e. The Morgan fingerprint density at radius 2 is 1.32 bits per heavy atom. The van der Waals surface area contributed by atoms with Gasteiger partial charge in [-0.2, -0.15) is 0 Å². The lowest BCUT2D eigenvalue weighted by Gasteiger charge is -2.20. The van der Waals surface area contributed by atoms with E-state index in [4.69, 9.17) is 0 Å². The molecule has 0 atom stereocenters. The third-order valence-corrected chi connectivity index (χ3v) is 5.71. The second-order valence-electron chi connectivity index (χ2n) is 4.41. The molecule has 0 unspecified atom stereocenters. The summed E-state index contributed by atoms with van der Waals surface area (Å²) in [6.45, 7) is 0. The molecule has 19 heavy (non-hydrogen) atoms. The molecule has 0 aliphatic heterocycles. The first-order valence-electron chi connectivity index (χ1n) is 6.31. The number of hydrogen-bond donors (Lipinski definition) is 0.